The van der Waals surface area contributed by atoms with Crippen molar-refractivity contribution < 1.29 is 13.9 Å². The highest BCUT2D eigenvalue weighted by atomic mass is 19.1. The summed E-state index contributed by atoms with van der Waals surface area (Å²) in [6.07, 6.45) is -0.492. The maximum Gasteiger partial charge on any atom is 0.144 e. The van der Waals surface area contributed by atoms with Gasteiger partial charge >= 0.3 is 0 Å². The molecule has 5 heteroatoms. The van der Waals surface area contributed by atoms with E-state index in [-0.39, 0.29) is 17.9 Å². The van der Waals surface area contributed by atoms with Gasteiger partial charge in [-0.05, 0) is 29.8 Å². The van der Waals surface area contributed by atoms with E-state index >= 15 is 0 Å². The summed E-state index contributed by atoms with van der Waals surface area (Å²) in [5.41, 5.74) is 6.40. The van der Waals surface area contributed by atoms with Crippen molar-refractivity contribution in [3.8, 4) is 17.6 Å². The largest absolute Gasteiger partial charge is 0.497 e. The zero-order chi connectivity index (χ0) is 15.2. The highest BCUT2D eigenvalue weighted by molar-refractivity contribution is 5.44. The summed E-state index contributed by atoms with van der Waals surface area (Å²) in [6, 6.07) is 13.3. The molecule has 0 heterocycles. The Kier molecular flexibility index (Phi) is 4.75. The van der Waals surface area contributed by atoms with Crippen molar-refractivity contribution in [2.75, 3.05) is 13.7 Å². The highest BCUT2D eigenvalue weighted by Crippen LogP contribution is 2.27. The highest BCUT2D eigenvalue weighted by Gasteiger charge is 2.16. The van der Waals surface area contributed by atoms with Crippen molar-refractivity contribution in [1.29, 1.82) is 5.26 Å². The Labute approximate surface area is 122 Å². The van der Waals surface area contributed by atoms with Gasteiger partial charge in [-0.25, -0.2) is 4.39 Å². The van der Waals surface area contributed by atoms with Crippen LogP contribution in [-0.2, 0) is 0 Å². The minimum Gasteiger partial charge on any atom is -0.497 e. The van der Waals surface area contributed by atoms with Crippen LogP contribution < -0.4 is 15.2 Å². The van der Waals surface area contributed by atoms with E-state index in [1.165, 1.54) is 12.1 Å². The Morgan fingerprint density at radius 1 is 1.29 bits per heavy atom. The molecule has 0 amide bonds. The SMILES string of the molecule is COc1cccc(C(CN)Oc2cccc(F)c2C#N)c1. The molecule has 0 aromatic heterocycles. The van der Waals surface area contributed by atoms with Gasteiger partial charge in [-0.2, -0.15) is 5.26 Å². The van der Waals surface area contributed by atoms with Gasteiger partial charge in [0.15, 0.2) is 0 Å². The molecular weight excluding hydrogens is 271 g/mol. The second-order valence-corrected chi connectivity index (χ2v) is 4.34. The summed E-state index contributed by atoms with van der Waals surface area (Å²) in [7, 11) is 1.57. The Morgan fingerprint density at radius 3 is 2.71 bits per heavy atom. The lowest BCUT2D eigenvalue weighted by molar-refractivity contribution is 0.212. The first-order chi connectivity index (χ1) is 10.2. The number of rotatable bonds is 5. The van der Waals surface area contributed by atoms with E-state index in [9.17, 15) is 4.39 Å². The molecule has 1 atom stereocenters. The molecule has 2 N–H and O–H groups in total. The van der Waals surface area contributed by atoms with Crippen LogP contribution >= 0.6 is 0 Å². The van der Waals surface area contributed by atoms with Gasteiger partial charge in [-0.15, -0.1) is 0 Å². The third-order valence-corrected chi connectivity index (χ3v) is 3.04. The Bertz CT molecular complexity index is 668. The van der Waals surface area contributed by atoms with E-state index in [4.69, 9.17) is 20.5 Å². The molecule has 1 unspecified atom stereocenters. The molecule has 0 spiro atoms. The Hall–Kier alpha value is -2.58. The van der Waals surface area contributed by atoms with Crippen LogP contribution in [0.3, 0.4) is 0 Å². The fourth-order valence-corrected chi connectivity index (χ4v) is 1.96. The number of halogens is 1. The van der Waals surface area contributed by atoms with Crippen molar-refractivity contribution in [3.05, 3.63) is 59.4 Å². The average Bonchev–Trinajstić information content (AvgIpc) is 2.52. The Morgan fingerprint density at radius 2 is 2.05 bits per heavy atom. The van der Waals surface area contributed by atoms with E-state index in [0.29, 0.717) is 5.75 Å². The normalized spacial score (nSPS) is 11.5. The van der Waals surface area contributed by atoms with E-state index < -0.39 is 11.9 Å². The van der Waals surface area contributed by atoms with Crippen LogP contribution in [0.25, 0.3) is 0 Å². The second kappa shape index (κ2) is 6.73. The first-order valence-corrected chi connectivity index (χ1v) is 6.39. The van der Waals surface area contributed by atoms with Crippen molar-refractivity contribution in [2.45, 2.75) is 6.10 Å². The minimum absolute atomic E-state index is 0.126. The molecule has 2 rings (SSSR count). The zero-order valence-corrected chi connectivity index (χ0v) is 11.5. The number of benzene rings is 2. The van der Waals surface area contributed by atoms with Gasteiger partial charge in [-0.3, -0.25) is 0 Å². The molecule has 4 nitrogen and oxygen atoms in total. The molecule has 0 bridgehead atoms. The van der Waals surface area contributed by atoms with Crippen LogP contribution in [0.4, 0.5) is 4.39 Å². The van der Waals surface area contributed by atoms with Gasteiger partial charge in [-0.1, -0.05) is 18.2 Å². The molecule has 0 aliphatic rings. The molecule has 0 saturated heterocycles. The molecule has 108 valence electrons. The summed E-state index contributed by atoms with van der Waals surface area (Å²) >= 11 is 0. The van der Waals surface area contributed by atoms with Crippen molar-refractivity contribution >= 4 is 0 Å². The monoisotopic (exact) mass is 286 g/mol. The van der Waals surface area contributed by atoms with Crippen LogP contribution in [-0.4, -0.2) is 13.7 Å². The third-order valence-electron chi connectivity index (χ3n) is 3.04. The molecule has 0 aliphatic carbocycles. The lowest BCUT2D eigenvalue weighted by Crippen LogP contribution is -2.19. The molecule has 0 radical (unpaired) electrons. The molecule has 0 fully saturated rings. The first kappa shape index (κ1) is 14.8. The zero-order valence-electron chi connectivity index (χ0n) is 11.5. The van der Waals surface area contributed by atoms with Gasteiger partial charge in [0, 0.05) is 6.54 Å². The number of hydrogen-bond acceptors (Lipinski definition) is 4. The summed E-state index contributed by atoms with van der Waals surface area (Å²) in [5.74, 6) is 0.237. The van der Waals surface area contributed by atoms with Gasteiger partial charge in [0.2, 0.25) is 0 Å². The fraction of sp³-hybridized carbons (Fsp3) is 0.188. The minimum atomic E-state index is -0.614. The van der Waals surface area contributed by atoms with Crippen LogP contribution in [0, 0.1) is 17.1 Å². The van der Waals surface area contributed by atoms with Crippen LogP contribution in [0.15, 0.2) is 42.5 Å². The van der Waals surface area contributed by atoms with E-state index in [0.717, 1.165) is 5.56 Å². The number of nitriles is 1. The van der Waals surface area contributed by atoms with Gasteiger partial charge in [0.05, 0.1) is 7.11 Å². The molecule has 0 aliphatic heterocycles. The average molecular weight is 286 g/mol. The summed E-state index contributed by atoms with van der Waals surface area (Å²) in [6.45, 7) is 0.189. The summed E-state index contributed by atoms with van der Waals surface area (Å²) in [4.78, 5) is 0. The molecule has 21 heavy (non-hydrogen) atoms. The van der Waals surface area contributed by atoms with E-state index in [1.807, 2.05) is 12.1 Å². The number of hydrogen-bond donors (Lipinski definition) is 1. The number of methoxy groups -OCH3 is 1. The molecule has 2 aromatic rings. The molecule has 2 aromatic carbocycles. The predicted molar refractivity (Wildman–Crippen MR) is 76.5 cm³/mol. The second-order valence-electron chi connectivity index (χ2n) is 4.34. The van der Waals surface area contributed by atoms with Gasteiger partial charge in [0.1, 0.15) is 35.1 Å². The van der Waals surface area contributed by atoms with Crippen molar-refractivity contribution in [1.82, 2.24) is 0 Å². The standard InChI is InChI=1S/C16H15FN2O2/c1-20-12-5-2-4-11(8-12)16(10-19)21-15-7-3-6-14(17)13(15)9-18/h2-8,16H,10,19H2,1H3. The van der Waals surface area contributed by atoms with E-state index in [2.05, 4.69) is 0 Å². The smallest absolute Gasteiger partial charge is 0.144 e. The van der Waals surface area contributed by atoms with Crippen molar-refractivity contribution in [3.63, 3.8) is 0 Å². The lowest BCUT2D eigenvalue weighted by atomic mass is 10.1. The first-order valence-electron chi connectivity index (χ1n) is 6.39. The van der Waals surface area contributed by atoms with Crippen LogP contribution in [0.5, 0.6) is 11.5 Å². The maximum absolute atomic E-state index is 13.6. The third kappa shape index (κ3) is 3.30. The lowest BCUT2D eigenvalue weighted by Gasteiger charge is -2.19. The van der Waals surface area contributed by atoms with E-state index in [1.54, 1.807) is 31.4 Å². The van der Waals surface area contributed by atoms with Crippen LogP contribution in [0.2, 0.25) is 0 Å². The topological polar surface area (TPSA) is 68.3 Å². The molecular formula is C16H15FN2O2. The number of ether oxygens (including phenoxy) is 2. The fourth-order valence-electron chi connectivity index (χ4n) is 1.96. The summed E-state index contributed by atoms with van der Waals surface area (Å²) in [5, 5.41) is 9.02. The predicted octanol–water partition coefficient (Wildman–Crippen LogP) is 2.78. The van der Waals surface area contributed by atoms with Crippen molar-refractivity contribution in [2.24, 2.45) is 5.73 Å². The van der Waals surface area contributed by atoms with Crippen LogP contribution in [0.1, 0.15) is 17.2 Å². The maximum atomic E-state index is 13.6. The number of nitrogens with zero attached hydrogens (tertiary/aromatic N) is 1. The Balaban J connectivity index is 2.31. The summed E-state index contributed by atoms with van der Waals surface area (Å²) < 4.78 is 24.4. The molecule has 0 saturated carbocycles. The number of nitrogens with two attached hydrogens (primary N) is 1. The quantitative estimate of drug-likeness (QED) is 0.917. The van der Waals surface area contributed by atoms with Gasteiger partial charge < -0.3 is 15.2 Å². The van der Waals surface area contributed by atoms with Gasteiger partial charge in [0.25, 0.3) is 0 Å².